The van der Waals surface area contributed by atoms with E-state index < -0.39 is 0 Å². The molecule has 2 aliphatic rings. The summed E-state index contributed by atoms with van der Waals surface area (Å²) in [5, 5.41) is 13.0. The Morgan fingerprint density at radius 1 is 1.21 bits per heavy atom. The third-order valence-corrected chi connectivity index (χ3v) is 5.06. The van der Waals surface area contributed by atoms with Crippen molar-refractivity contribution < 1.29 is 9.53 Å². The van der Waals surface area contributed by atoms with Crippen LogP contribution >= 0.6 is 0 Å². The fourth-order valence-electron chi connectivity index (χ4n) is 3.81. The van der Waals surface area contributed by atoms with Gasteiger partial charge >= 0.3 is 0 Å². The smallest absolute Gasteiger partial charge is 0.248 e. The summed E-state index contributed by atoms with van der Waals surface area (Å²) in [6.45, 7) is 5.73. The van der Waals surface area contributed by atoms with Crippen LogP contribution in [0.2, 0.25) is 0 Å². The first-order chi connectivity index (χ1) is 11.7. The van der Waals surface area contributed by atoms with Gasteiger partial charge in [0, 0.05) is 51.5 Å². The van der Waals surface area contributed by atoms with Crippen LogP contribution in [0.25, 0.3) is 5.65 Å². The fraction of sp³-hybridized carbons (Fsp3) is 0.625. The minimum atomic E-state index is 0.0927. The molecule has 0 N–H and O–H groups in total. The van der Waals surface area contributed by atoms with Gasteiger partial charge in [-0.3, -0.25) is 4.79 Å². The molecule has 4 rings (SSSR count). The molecule has 0 spiro atoms. The van der Waals surface area contributed by atoms with Crippen LogP contribution < -0.4 is 4.90 Å². The van der Waals surface area contributed by atoms with E-state index in [4.69, 9.17) is 9.84 Å². The second kappa shape index (κ2) is 6.01. The number of ether oxygens (including phenoxy) is 1. The number of rotatable bonds is 4. The van der Waals surface area contributed by atoms with Gasteiger partial charge in [0.2, 0.25) is 5.91 Å². The van der Waals surface area contributed by atoms with Gasteiger partial charge in [-0.1, -0.05) is 6.92 Å². The van der Waals surface area contributed by atoms with Crippen molar-refractivity contribution in [2.45, 2.75) is 13.3 Å². The Hall–Kier alpha value is -2.22. The zero-order chi connectivity index (χ0) is 16.7. The lowest BCUT2D eigenvalue weighted by molar-refractivity contribution is -0.134. The summed E-state index contributed by atoms with van der Waals surface area (Å²) in [7, 11) is 1.56. The van der Waals surface area contributed by atoms with Gasteiger partial charge in [-0.25, -0.2) is 0 Å². The van der Waals surface area contributed by atoms with Gasteiger partial charge in [-0.2, -0.15) is 4.52 Å². The minimum absolute atomic E-state index is 0.0927. The van der Waals surface area contributed by atoms with Gasteiger partial charge in [0.15, 0.2) is 11.5 Å². The number of fused-ring (bicyclic) bond motifs is 2. The Kier molecular flexibility index (Phi) is 3.84. The largest absolute Gasteiger partial charge is 0.375 e. The molecule has 8 heteroatoms. The van der Waals surface area contributed by atoms with Crippen molar-refractivity contribution in [2.24, 2.45) is 11.8 Å². The molecule has 2 saturated heterocycles. The Morgan fingerprint density at radius 3 is 2.62 bits per heavy atom. The second-order valence-electron chi connectivity index (χ2n) is 6.59. The maximum Gasteiger partial charge on any atom is 0.248 e. The molecule has 0 radical (unpaired) electrons. The molecule has 1 amide bonds. The molecular formula is C16H22N6O2. The first kappa shape index (κ1) is 15.3. The summed E-state index contributed by atoms with van der Waals surface area (Å²) in [5.41, 5.74) is 0.784. The van der Waals surface area contributed by atoms with E-state index in [-0.39, 0.29) is 12.5 Å². The predicted octanol–water partition coefficient (Wildman–Crippen LogP) is 0.228. The van der Waals surface area contributed by atoms with Crippen molar-refractivity contribution in [3.8, 4) is 0 Å². The normalized spacial score (nSPS) is 23.2. The van der Waals surface area contributed by atoms with Crippen molar-refractivity contribution in [1.82, 2.24) is 24.7 Å². The summed E-state index contributed by atoms with van der Waals surface area (Å²) in [5.74, 6) is 2.95. The van der Waals surface area contributed by atoms with Gasteiger partial charge in [-0.05, 0) is 12.1 Å². The molecule has 0 saturated carbocycles. The lowest BCUT2D eigenvalue weighted by Crippen LogP contribution is -2.35. The van der Waals surface area contributed by atoms with Gasteiger partial charge in [0.05, 0.1) is 0 Å². The number of nitrogens with zero attached hydrogens (tertiary/aromatic N) is 6. The molecule has 2 aromatic rings. The van der Waals surface area contributed by atoms with Crippen molar-refractivity contribution in [1.29, 1.82) is 0 Å². The molecule has 2 aliphatic heterocycles. The summed E-state index contributed by atoms with van der Waals surface area (Å²) in [4.78, 5) is 16.2. The molecule has 24 heavy (non-hydrogen) atoms. The summed E-state index contributed by atoms with van der Waals surface area (Å²) in [6, 6.07) is 3.98. The number of methoxy groups -OCH3 is 1. The van der Waals surface area contributed by atoms with E-state index in [1.54, 1.807) is 7.11 Å². The SMILES string of the molecule is CCc1nnc2ccc(N3CC4CN(C(=O)COC)CC4C3)nn12. The van der Waals surface area contributed by atoms with E-state index in [0.29, 0.717) is 11.8 Å². The van der Waals surface area contributed by atoms with Gasteiger partial charge < -0.3 is 14.5 Å². The maximum absolute atomic E-state index is 12.0. The number of hydrogen-bond donors (Lipinski definition) is 0. The molecule has 0 aromatic carbocycles. The highest BCUT2D eigenvalue weighted by Gasteiger charge is 2.41. The summed E-state index contributed by atoms with van der Waals surface area (Å²) >= 11 is 0. The van der Waals surface area contributed by atoms with Crippen LogP contribution in [0.1, 0.15) is 12.7 Å². The van der Waals surface area contributed by atoms with Crippen molar-refractivity contribution >= 4 is 17.4 Å². The first-order valence-corrected chi connectivity index (χ1v) is 8.42. The van der Waals surface area contributed by atoms with E-state index in [1.807, 2.05) is 21.5 Å². The van der Waals surface area contributed by atoms with Gasteiger partial charge in [0.1, 0.15) is 12.4 Å². The van der Waals surface area contributed by atoms with Crippen LogP contribution in [0, 0.1) is 11.8 Å². The molecule has 4 heterocycles. The average molecular weight is 330 g/mol. The van der Waals surface area contributed by atoms with Crippen LogP contribution in [-0.4, -0.2) is 70.5 Å². The quantitative estimate of drug-likeness (QED) is 0.799. The van der Waals surface area contributed by atoms with Crippen molar-refractivity contribution in [2.75, 3.05) is 44.8 Å². The number of aryl methyl sites for hydroxylation is 1. The van der Waals surface area contributed by atoms with E-state index in [1.165, 1.54) is 0 Å². The lowest BCUT2D eigenvalue weighted by Gasteiger charge is -2.22. The average Bonchev–Trinajstić information content (AvgIpc) is 3.26. The van der Waals surface area contributed by atoms with Crippen LogP contribution in [0.3, 0.4) is 0 Å². The predicted molar refractivity (Wildman–Crippen MR) is 87.8 cm³/mol. The standard InChI is InChI=1S/C16H22N6O2/c1-3-13-17-18-14-4-5-15(19-22(13)14)20-6-11-8-21(9-12(11)7-20)16(23)10-24-2/h4-5,11-12H,3,6-10H2,1-2H3. The number of carbonyl (C=O) groups excluding carboxylic acids is 1. The van der Waals surface area contributed by atoms with E-state index in [0.717, 1.165) is 49.9 Å². The van der Waals surface area contributed by atoms with E-state index in [2.05, 4.69) is 22.0 Å². The molecule has 8 nitrogen and oxygen atoms in total. The Balaban J connectivity index is 1.48. The summed E-state index contributed by atoms with van der Waals surface area (Å²) < 4.78 is 6.79. The van der Waals surface area contributed by atoms with Crippen molar-refractivity contribution in [3.05, 3.63) is 18.0 Å². The van der Waals surface area contributed by atoms with Crippen LogP contribution in [0.4, 0.5) is 5.82 Å². The molecule has 128 valence electrons. The third kappa shape index (κ3) is 2.50. The van der Waals surface area contributed by atoms with E-state index in [9.17, 15) is 4.79 Å². The number of aromatic nitrogens is 4. The molecule has 0 aliphatic carbocycles. The Bertz CT molecular complexity index is 746. The van der Waals surface area contributed by atoms with Crippen molar-refractivity contribution in [3.63, 3.8) is 0 Å². The molecular weight excluding hydrogens is 308 g/mol. The summed E-state index contributed by atoms with van der Waals surface area (Å²) in [6.07, 6.45) is 0.805. The third-order valence-electron chi connectivity index (χ3n) is 5.06. The number of hydrogen-bond acceptors (Lipinski definition) is 6. The number of carbonyl (C=O) groups is 1. The monoisotopic (exact) mass is 330 g/mol. The molecule has 2 fully saturated rings. The molecule has 0 bridgehead atoms. The van der Waals surface area contributed by atoms with Crippen LogP contribution in [0.5, 0.6) is 0 Å². The Labute approximate surface area is 140 Å². The highest BCUT2D eigenvalue weighted by Crippen LogP contribution is 2.33. The molecule has 2 aromatic heterocycles. The second-order valence-corrected chi connectivity index (χ2v) is 6.59. The minimum Gasteiger partial charge on any atom is -0.375 e. The Morgan fingerprint density at radius 2 is 1.96 bits per heavy atom. The molecule has 2 unspecified atom stereocenters. The number of likely N-dealkylation sites (tertiary alicyclic amines) is 1. The lowest BCUT2D eigenvalue weighted by atomic mass is 10.0. The fourth-order valence-corrected chi connectivity index (χ4v) is 3.81. The number of anilines is 1. The van der Waals surface area contributed by atoms with Gasteiger partial charge in [0.25, 0.3) is 0 Å². The van der Waals surface area contributed by atoms with Crippen LogP contribution in [-0.2, 0) is 16.0 Å². The zero-order valence-corrected chi connectivity index (χ0v) is 14.1. The molecule has 2 atom stereocenters. The highest BCUT2D eigenvalue weighted by atomic mass is 16.5. The van der Waals surface area contributed by atoms with Crippen LogP contribution in [0.15, 0.2) is 12.1 Å². The number of amides is 1. The van der Waals surface area contributed by atoms with E-state index >= 15 is 0 Å². The first-order valence-electron chi connectivity index (χ1n) is 8.42. The topological polar surface area (TPSA) is 75.9 Å². The maximum atomic E-state index is 12.0. The van der Waals surface area contributed by atoms with Gasteiger partial charge in [-0.15, -0.1) is 15.3 Å². The highest BCUT2D eigenvalue weighted by molar-refractivity contribution is 5.77. The zero-order valence-electron chi connectivity index (χ0n) is 14.1.